The third-order valence-corrected chi connectivity index (χ3v) is 5.61. The summed E-state index contributed by atoms with van der Waals surface area (Å²) in [6.07, 6.45) is 0. The van der Waals surface area contributed by atoms with Crippen LogP contribution in [0.3, 0.4) is 0 Å². The second-order valence-corrected chi connectivity index (χ2v) is 8.06. The molecule has 0 amide bonds. The average Bonchev–Trinajstić information content (AvgIpc) is 3.06. The van der Waals surface area contributed by atoms with Gasteiger partial charge in [-0.2, -0.15) is 0 Å². The molecule has 0 saturated carbocycles. The Kier molecular flexibility index (Phi) is 6.13. The number of hydrogen-bond donors (Lipinski definition) is 0. The third-order valence-electron chi connectivity index (χ3n) is 4.82. The predicted molar refractivity (Wildman–Crippen MR) is 114 cm³/mol. The van der Waals surface area contributed by atoms with Crippen molar-refractivity contribution >= 4 is 35.4 Å². The van der Waals surface area contributed by atoms with E-state index in [-0.39, 0.29) is 0 Å². The van der Waals surface area contributed by atoms with Crippen LogP contribution in [0, 0.1) is 4.84 Å². The van der Waals surface area contributed by atoms with E-state index < -0.39 is 0 Å². The molecule has 28 heavy (non-hydrogen) atoms. The Balaban J connectivity index is 1.34. The minimum Gasteiger partial charge on any atom is -0.409 e. The first kappa shape index (κ1) is 19.6. The van der Waals surface area contributed by atoms with Crippen LogP contribution >= 0.6 is 35.4 Å². The van der Waals surface area contributed by atoms with Gasteiger partial charge in [-0.1, -0.05) is 35.3 Å². The Hall–Kier alpha value is -1.70. The van der Waals surface area contributed by atoms with Crippen LogP contribution in [-0.4, -0.2) is 45.8 Å². The molecule has 146 valence electrons. The molecular weight excluding hydrogens is 415 g/mol. The van der Waals surface area contributed by atoms with Gasteiger partial charge in [0.25, 0.3) is 4.84 Å². The van der Waals surface area contributed by atoms with Crippen molar-refractivity contribution in [2.45, 2.75) is 13.2 Å². The van der Waals surface area contributed by atoms with Crippen molar-refractivity contribution in [2.24, 2.45) is 0 Å². The lowest BCUT2D eigenvalue weighted by Gasteiger charge is -2.34. The minimum absolute atomic E-state index is 0.383. The van der Waals surface area contributed by atoms with Gasteiger partial charge in [0.2, 0.25) is 5.89 Å². The van der Waals surface area contributed by atoms with E-state index in [2.05, 4.69) is 27.0 Å². The van der Waals surface area contributed by atoms with Crippen LogP contribution in [0.5, 0.6) is 0 Å². The van der Waals surface area contributed by atoms with Crippen molar-refractivity contribution in [3.8, 4) is 11.5 Å². The molecule has 2 heterocycles. The molecule has 5 nitrogen and oxygen atoms in total. The summed E-state index contributed by atoms with van der Waals surface area (Å²) in [5.41, 5.74) is 2.14. The first-order chi connectivity index (χ1) is 13.6. The molecule has 0 N–H and O–H groups in total. The van der Waals surface area contributed by atoms with Crippen molar-refractivity contribution in [3.05, 3.63) is 69.0 Å². The normalized spacial score (nSPS) is 15.8. The van der Waals surface area contributed by atoms with E-state index in [4.69, 9.17) is 39.8 Å². The molecule has 0 aliphatic carbocycles. The molecule has 0 radical (unpaired) electrons. The average molecular weight is 435 g/mol. The van der Waals surface area contributed by atoms with Gasteiger partial charge in [-0.15, -0.1) is 5.10 Å². The minimum atomic E-state index is 0.383. The van der Waals surface area contributed by atoms with Gasteiger partial charge in [0, 0.05) is 48.3 Å². The van der Waals surface area contributed by atoms with Gasteiger partial charge in [0.1, 0.15) is 0 Å². The fourth-order valence-electron chi connectivity index (χ4n) is 3.23. The van der Waals surface area contributed by atoms with Crippen LogP contribution in [0.25, 0.3) is 11.5 Å². The lowest BCUT2D eigenvalue weighted by molar-refractivity contribution is 0.0974. The fourth-order valence-corrected chi connectivity index (χ4v) is 3.66. The maximum Gasteiger partial charge on any atom is 0.288 e. The van der Waals surface area contributed by atoms with Crippen molar-refractivity contribution in [1.82, 2.24) is 19.6 Å². The summed E-state index contributed by atoms with van der Waals surface area (Å²) in [5, 5.41) is 5.99. The summed E-state index contributed by atoms with van der Waals surface area (Å²) in [6, 6.07) is 15.4. The number of benzene rings is 2. The highest BCUT2D eigenvalue weighted by Crippen LogP contribution is 2.20. The maximum atomic E-state index is 5.96. The van der Waals surface area contributed by atoms with Crippen LogP contribution in [0.1, 0.15) is 5.56 Å². The number of halogens is 2. The topological polar surface area (TPSA) is 37.4 Å². The summed E-state index contributed by atoms with van der Waals surface area (Å²) < 4.78 is 7.41. The van der Waals surface area contributed by atoms with Gasteiger partial charge in [-0.05, 0) is 54.2 Å². The van der Waals surface area contributed by atoms with E-state index in [0.717, 1.165) is 43.3 Å². The van der Waals surface area contributed by atoms with Crippen LogP contribution in [0.2, 0.25) is 10.0 Å². The largest absolute Gasteiger partial charge is 0.409 e. The first-order valence-electron chi connectivity index (χ1n) is 9.10. The molecule has 2 aromatic carbocycles. The van der Waals surface area contributed by atoms with E-state index in [1.807, 2.05) is 36.4 Å². The zero-order valence-electron chi connectivity index (χ0n) is 15.2. The van der Waals surface area contributed by atoms with E-state index in [0.29, 0.717) is 22.4 Å². The van der Waals surface area contributed by atoms with Crippen LogP contribution < -0.4 is 0 Å². The zero-order valence-corrected chi connectivity index (χ0v) is 17.6. The molecule has 1 saturated heterocycles. The Morgan fingerprint density at radius 2 is 1.43 bits per heavy atom. The Morgan fingerprint density at radius 1 is 0.857 bits per heavy atom. The standard InChI is InChI=1S/C20H20Cl2N4OS/c21-17-5-1-15(2-6-17)13-24-9-11-25(12-10-24)14-26-20(28)27-19(23-26)16-3-7-18(22)8-4-16/h1-8H,9-14H2. The number of piperazine rings is 1. The number of aromatic nitrogens is 2. The highest BCUT2D eigenvalue weighted by atomic mass is 35.5. The van der Waals surface area contributed by atoms with Crippen molar-refractivity contribution in [3.63, 3.8) is 0 Å². The van der Waals surface area contributed by atoms with Crippen LogP contribution in [0.4, 0.5) is 0 Å². The maximum absolute atomic E-state index is 5.96. The summed E-state index contributed by atoms with van der Waals surface area (Å²) in [5.74, 6) is 0.517. The summed E-state index contributed by atoms with van der Waals surface area (Å²) in [7, 11) is 0. The molecule has 1 aliphatic rings. The van der Waals surface area contributed by atoms with Gasteiger partial charge in [0.05, 0.1) is 6.67 Å². The van der Waals surface area contributed by atoms with Crippen LogP contribution in [0.15, 0.2) is 52.9 Å². The molecule has 1 aromatic heterocycles. The number of rotatable bonds is 5. The molecular formula is C20H20Cl2N4OS. The van der Waals surface area contributed by atoms with Gasteiger partial charge in [0.15, 0.2) is 0 Å². The van der Waals surface area contributed by atoms with Crippen molar-refractivity contribution < 1.29 is 4.42 Å². The molecule has 1 fully saturated rings. The van der Waals surface area contributed by atoms with Crippen molar-refractivity contribution in [1.29, 1.82) is 0 Å². The zero-order chi connectivity index (χ0) is 19.5. The van der Waals surface area contributed by atoms with E-state index in [9.17, 15) is 0 Å². The Bertz CT molecular complexity index is 977. The third kappa shape index (κ3) is 4.82. The highest BCUT2D eigenvalue weighted by Gasteiger charge is 2.18. The highest BCUT2D eigenvalue weighted by molar-refractivity contribution is 7.71. The van der Waals surface area contributed by atoms with E-state index in [1.54, 1.807) is 4.68 Å². The summed E-state index contributed by atoms with van der Waals surface area (Å²) in [6.45, 7) is 5.48. The van der Waals surface area contributed by atoms with Gasteiger partial charge in [-0.3, -0.25) is 9.80 Å². The lowest BCUT2D eigenvalue weighted by Crippen LogP contribution is -2.46. The molecule has 0 bridgehead atoms. The van der Waals surface area contributed by atoms with Crippen LogP contribution in [-0.2, 0) is 13.2 Å². The summed E-state index contributed by atoms with van der Waals surface area (Å²) in [4.78, 5) is 5.16. The predicted octanol–water partition coefficient (Wildman–Crippen LogP) is 4.95. The smallest absolute Gasteiger partial charge is 0.288 e. The SMILES string of the molecule is S=c1oc(-c2ccc(Cl)cc2)nn1CN1CCN(Cc2ccc(Cl)cc2)CC1. The van der Waals surface area contributed by atoms with Gasteiger partial charge in [-0.25, -0.2) is 4.68 Å². The monoisotopic (exact) mass is 434 g/mol. The quantitative estimate of drug-likeness (QED) is 0.530. The Morgan fingerprint density at radius 3 is 2.07 bits per heavy atom. The molecule has 8 heteroatoms. The van der Waals surface area contributed by atoms with E-state index >= 15 is 0 Å². The summed E-state index contributed by atoms with van der Waals surface area (Å²) >= 11 is 17.2. The van der Waals surface area contributed by atoms with Crippen molar-refractivity contribution in [2.75, 3.05) is 26.2 Å². The van der Waals surface area contributed by atoms with E-state index in [1.165, 1.54) is 5.56 Å². The molecule has 1 aliphatic heterocycles. The lowest BCUT2D eigenvalue weighted by atomic mass is 10.2. The number of hydrogen-bond acceptors (Lipinski definition) is 5. The number of nitrogens with zero attached hydrogens (tertiary/aromatic N) is 4. The fraction of sp³-hybridized carbons (Fsp3) is 0.300. The Labute approximate surface area is 179 Å². The second-order valence-electron chi connectivity index (χ2n) is 6.84. The molecule has 3 aromatic rings. The molecule has 0 unspecified atom stereocenters. The second kappa shape index (κ2) is 8.76. The molecule has 0 atom stereocenters. The van der Waals surface area contributed by atoms with Gasteiger partial charge >= 0.3 is 0 Å². The first-order valence-corrected chi connectivity index (χ1v) is 10.3. The van der Waals surface area contributed by atoms with Gasteiger partial charge < -0.3 is 4.42 Å². The molecule has 0 spiro atoms. The molecule has 4 rings (SSSR count).